The van der Waals surface area contributed by atoms with E-state index in [1.54, 1.807) is 0 Å². The van der Waals surface area contributed by atoms with Gasteiger partial charge in [-0.05, 0) is 6.92 Å². The zero-order chi connectivity index (χ0) is 15.3. The minimum absolute atomic E-state index is 0. The van der Waals surface area contributed by atoms with Gasteiger partial charge in [0, 0.05) is 23.2 Å². The Morgan fingerprint density at radius 3 is 2.20 bits per heavy atom. The van der Waals surface area contributed by atoms with Gasteiger partial charge in [0.1, 0.15) is 26.5 Å². The van der Waals surface area contributed by atoms with Crippen molar-refractivity contribution in [2.45, 2.75) is 32.5 Å². The normalized spacial score (nSPS) is 19.0. The predicted octanol–water partition coefficient (Wildman–Crippen LogP) is 1.31. The first-order valence-electron chi connectivity index (χ1n) is 5.65. The van der Waals surface area contributed by atoms with Crippen molar-refractivity contribution in [2.75, 3.05) is 13.2 Å². The van der Waals surface area contributed by atoms with Gasteiger partial charge in [0.2, 0.25) is 0 Å². The SMILES string of the molecule is C=O.C=O.C=O.CC1=CC[C-]=C1C(C)OCC1CO1.[Mn]. The molecule has 0 N–H and O–H groups in total. The summed E-state index contributed by atoms with van der Waals surface area (Å²) >= 11 is 0. The second-order valence-electron chi connectivity index (χ2n) is 3.61. The summed E-state index contributed by atoms with van der Waals surface area (Å²) in [5, 5.41) is 0. The molecule has 1 saturated heterocycles. The largest absolute Gasteiger partial charge is 0.374 e. The molecule has 1 radical (unpaired) electrons. The van der Waals surface area contributed by atoms with E-state index in [-0.39, 0.29) is 23.2 Å². The fraction of sp³-hybridized carbons (Fsp3) is 0.500. The van der Waals surface area contributed by atoms with E-state index in [2.05, 4.69) is 26.0 Å². The predicted molar refractivity (Wildman–Crippen MR) is 71.6 cm³/mol. The van der Waals surface area contributed by atoms with Gasteiger partial charge in [0.15, 0.2) is 0 Å². The summed E-state index contributed by atoms with van der Waals surface area (Å²) in [7, 11) is 0. The van der Waals surface area contributed by atoms with E-state index >= 15 is 0 Å². The quantitative estimate of drug-likeness (QED) is 0.443. The van der Waals surface area contributed by atoms with Gasteiger partial charge >= 0.3 is 0 Å². The van der Waals surface area contributed by atoms with Crippen molar-refractivity contribution in [3.05, 3.63) is 23.3 Å². The molecule has 20 heavy (non-hydrogen) atoms. The monoisotopic (exact) mass is 324 g/mol. The van der Waals surface area contributed by atoms with Crippen LogP contribution in [0.3, 0.4) is 0 Å². The van der Waals surface area contributed by atoms with Crippen LogP contribution in [0.5, 0.6) is 0 Å². The standard InChI is InChI=1S/C11H15O2.3CH2O.Mn/c1-8-4-3-5-11(8)9(2)12-6-10-7-13-10;3*1-2;/h4,9-10H,3,6-7H2,1-2H3;3*1H2;/q-1;;;;. The average molecular weight is 324 g/mol. The van der Waals surface area contributed by atoms with Crippen molar-refractivity contribution in [3.63, 3.8) is 0 Å². The smallest absolute Gasteiger partial charge is 0.106 e. The van der Waals surface area contributed by atoms with E-state index in [1.807, 2.05) is 20.4 Å². The third-order valence-corrected chi connectivity index (χ3v) is 2.47. The molecule has 0 aromatic carbocycles. The van der Waals surface area contributed by atoms with Crippen LogP contribution >= 0.6 is 0 Å². The molecule has 0 aromatic heterocycles. The van der Waals surface area contributed by atoms with Crippen molar-refractivity contribution in [1.29, 1.82) is 0 Å². The summed E-state index contributed by atoms with van der Waals surface area (Å²) in [4.78, 5) is 24.0. The van der Waals surface area contributed by atoms with Crippen molar-refractivity contribution < 1.29 is 40.9 Å². The molecule has 1 heterocycles. The number of ether oxygens (including phenoxy) is 2. The minimum atomic E-state index is 0. The number of carbonyl (C=O) groups excluding carboxylic acids is 3. The molecule has 2 aliphatic rings. The fourth-order valence-corrected chi connectivity index (χ4v) is 1.53. The summed E-state index contributed by atoms with van der Waals surface area (Å²) in [6.07, 6.45) is 6.96. The molecule has 0 spiro atoms. The van der Waals surface area contributed by atoms with E-state index < -0.39 is 0 Å². The number of carbonyl (C=O) groups is 3. The van der Waals surface area contributed by atoms with Crippen LogP contribution in [-0.4, -0.2) is 45.8 Å². The van der Waals surface area contributed by atoms with E-state index in [0.717, 1.165) is 19.6 Å². The van der Waals surface area contributed by atoms with Crippen LogP contribution in [-0.2, 0) is 40.9 Å². The van der Waals surface area contributed by atoms with Crippen molar-refractivity contribution >= 4 is 20.4 Å². The zero-order valence-electron chi connectivity index (χ0n) is 11.9. The first kappa shape index (κ1) is 24.0. The summed E-state index contributed by atoms with van der Waals surface area (Å²) in [5.74, 6) is 0. The molecule has 6 heteroatoms. The van der Waals surface area contributed by atoms with Crippen LogP contribution < -0.4 is 0 Å². The molecule has 1 fully saturated rings. The average Bonchev–Trinajstić information content (AvgIpc) is 3.23. The van der Waals surface area contributed by atoms with Gasteiger partial charge in [0.05, 0.1) is 13.2 Å². The van der Waals surface area contributed by atoms with Crippen LogP contribution in [0.15, 0.2) is 17.2 Å². The molecule has 2 atom stereocenters. The summed E-state index contributed by atoms with van der Waals surface area (Å²) in [6.45, 7) is 11.8. The summed E-state index contributed by atoms with van der Waals surface area (Å²) < 4.78 is 10.7. The van der Waals surface area contributed by atoms with Crippen molar-refractivity contribution in [3.8, 4) is 0 Å². The number of hydrogen-bond acceptors (Lipinski definition) is 5. The molecule has 2 unspecified atom stereocenters. The maximum Gasteiger partial charge on any atom is 0.106 e. The van der Waals surface area contributed by atoms with E-state index in [0.29, 0.717) is 6.10 Å². The minimum Gasteiger partial charge on any atom is -0.374 e. The Morgan fingerprint density at radius 1 is 1.35 bits per heavy atom. The number of rotatable bonds is 4. The second-order valence-corrected chi connectivity index (χ2v) is 3.61. The third kappa shape index (κ3) is 9.81. The molecule has 5 nitrogen and oxygen atoms in total. The maximum atomic E-state index is 8.00. The zero-order valence-corrected chi connectivity index (χ0v) is 13.1. The molecule has 0 aromatic rings. The van der Waals surface area contributed by atoms with Gasteiger partial charge in [-0.2, -0.15) is 17.2 Å². The molecule has 2 rings (SSSR count). The topological polar surface area (TPSA) is 73.0 Å². The molecular formula is C14H21MnO5-. The van der Waals surface area contributed by atoms with Gasteiger partial charge in [-0.15, -0.1) is 13.3 Å². The van der Waals surface area contributed by atoms with Gasteiger partial charge in [0.25, 0.3) is 0 Å². The molecule has 0 saturated carbocycles. The Balaban J connectivity index is -0.000000368. The first-order valence-corrected chi connectivity index (χ1v) is 5.65. The van der Waals surface area contributed by atoms with Crippen molar-refractivity contribution in [1.82, 2.24) is 0 Å². The van der Waals surface area contributed by atoms with Crippen LogP contribution in [0.1, 0.15) is 20.3 Å². The Labute approximate surface area is 130 Å². The van der Waals surface area contributed by atoms with Crippen LogP contribution in [0, 0.1) is 6.08 Å². The molecular weight excluding hydrogens is 303 g/mol. The van der Waals surface area contributed by atoms with E-state index in [1.165, 1.54) is 11.1 Å². The van der Waals surface area contributed by atoms with E-state index in [9.17, 15) is 0 Å². The van der Waals surface area contributed by atoms with Gasteiger partial charge < -0.3 is 23.9 Å². The Morgan fingerprint density at radius 2 is 1.85 bits per heavy atom. The molecule has 0 bridgehead atoms. The Bertz CT molecular complexity index is 295. The number of allylic oxidation sites excluding steroid dienone is 2. The Hall–Kier alpha value is -1.07. The van der Waals surface area contributed by atoms with E-state index in [4.69, 9.17) is 23.9 Å². The number of epoxide rings is 1. The Kier molecular flexibility index (Phi) is 19.2. The summed E-state index contributed by atoms with van der Waals surface area (Å²) in [5.41, 5.74) is 2.53. The maximum absolute atomic E-state index is 8.00. The first-order chi connectivity index (χ1) is 9.27. The van der Waals surface area contributed by atoms with Crippen LogP contribution in [0.2, 0.25) is 0 Å². The summed E-state index contributed by atoms with van der Waals surface area (Å²) in [6, 6.07) is 0. The second kappa shape index (κ2) is 16.0. The van der Waals surface area contributed by atoms with Gasteiger partial charge in [-0.3, -0.25) is 6.08 Å². The molecule has 0 amide bonds. The van der Waals surface area contributed by atoms with Crippen LogP contribution in [0.25, 0.3) is 0 Å². The molecule has 115 valence electrons. The molecule has 1 aliphatic carbocycles. The van der Waals surface area contributed by atoms with Gasteiger partial charge in [-0.25, -0.2) is 0 Å². The van der Waals surface area contributed by atoms with Crippen molar-refractivity contribution in [2.24, 2.45) is 0 Å². The van der Waals surface area contributed by atoms with Gasteiger partial charge in [-0.1, -0.05) is 0 Å². The van der Waals surface area contributed by atoms with Crippen LogP contribution in [0.4, 0.5) is 0 Å². The number of hydrogen-bond donors (Lipinski definition) is 0. The molecule has 1 aliphatic heterocycles. The third-order valence-electron chi connectivity index (χ3n) is 2.47. The fourth-order valence-electron chi connectivity index (χ4n) is 1.53.